The fourth-order valence-electron chi connectivity index (χ4n) is 4.99. The number of phosphoric acid groups is 2. The first-order chi connectivity index (χ1) is 20.0. The number of rotatable bonds is 10. The average molecular weight is 628 g/mol. The van der Waals surface area contributed by atoms with E-state index in [1.807, 2.05) is 0 Å². The van der Waals surface area contributed by atoms with Crippen molar-refractivity contribution < 1.29 is 46.9 Å². The standard InChI is InChI=1S/C21H26N8O11P2/c22-18-12-3-4-28(19(12)24-8-23-18)16-5-13(14(39-16)7-36-41(31,32)33)40-42(34,35)37-6-11-1-2-15(38-11)29-10-27-17-20(29)25-9-26-21(17)30/h3-4,8-11,13-16H,1-2,5-7H2,(H,34,35)(H2,22,23,24)(H,25,26,30)(H2,31,32,33)/t11?,13?,14?,15-,16-/m1/s1. The van der Waals surface area contributed by atoms with E-state index in [0.29, 0.717) is 29.5 Å². The molecule has 6 atom stereocenters. The molecule has 19 nitrogen and oxygen atoms in total. The van der Waals surface area contributed by atoms with Gasteiger partial charge < -0.3 is 39.4 Å². The van der Waals surface area contributed by atoms with Gasteiger partial charge in [0.15, 0.2) is 11.2 Å². The maximum absolute atomic E-state index is 12.9. The van der Waals surface area contributed by atoms with Crippen LogP contribution < -0.4 is 11.3 Å². The number of aromatic amines is 1. The number of nitrogens with zero attached hydrogens (tertiary/aromatic N) is 6. The lowest BCUT2D eigenvalue weighted by atomic mass is 10.2. The van der Waals surface area contributed by atoms with Crippen molar-refractivity contribution in [2.24, 2.45) is 0 Å². The topological polar surface area (TPSA) is 261 Å². The Hall–Kier alpha value is -3.09. The molecule has 2 saturated heterocycles. The summed E-state index contributed by atoms with van der Waals surface area (Å²) in [5.41, 5.74) is 6.43. The Balaban J connectivity index is 1.11. The summed E-state index contributed by atoms with van der Waals surface area (Å²) in [5, 5.41) is 0.547. The maximum atomic E-state index is 12.9. The number of nitrogen functional groups attached to an aromatic ring is 1. The minimum Gasteiger partial charge on any atom is -0.383 e. The molecule has 2 aliphatic heterocycles. The molecule has 0 spiro atoms. The molecule has 0 radical (unpaired) electrons. The Morgan fingerprint density at radius 1 is 1.02 bits per heavy atom. The van der Waals surface area contributed by atoms with Gasteiger partial charge in [-0.3, -0.25) is 22.9 Å². The minimum atomic E-state index is -4.88. The average Bonchev–Trinajstić information content (AvgIpc) is 3.71. The van der Waals surface area contributed by atoms with E-state index in [-0.39, 0.29) is 29.9 Å². The summed E-state index contributed by atoms with van der Waals surface area (Å²) in [4.78, 5) is 59.6. The quantitative estimate of drug-likeness (QED) is 0.152. The van der Waals surface area contributed by atoms with Crippen LogP contribution in [0.25, 0.3) is 22.2 Å². The van der Waals surface area contributed by atoms with E-state index in [1.54, 1.807) is 21.4 Å². The predicted octanol–water partition coefficient (Wildman–Crippen LogP) is 0.723. The van der Waals surface area contributed by atoms with Crippen molar-refractivity contribution in [1.82, 2.24) is 34.1 Å². The molecule has 42 heavy (non-hydrogen) atoms. The van der Waals surface area contributed by atoms with Crippen molar-refractivity contribution in [3.8, 4) is 0 Å². The van der Waals surface area contributed by atoms with E-state index in [0.717, 1.165) is 0 Å². The molecule has 2 fully saturated rings. The summed E-state index contributed by atoms with van der Waals surface area (Å²) in [6.07, 6.45) is 2.31. The molecule has 21 heteroatoms. The highest BCUT2D eigenvalue weighted by molar-refractivity contribution is 7.47. The molecule has 0 bridgehead atoms. The second-order valence-electron chi connectivity index (χ2n) is 9.62. The van der Waals surface area contributed by atoms with E-state index in [2.05, 4.69) is 29.4 Å². The number of imidazole rings is 1. The summed E-state index contributed by atoms with van der Waals surface area (Å²) in [6.45, 7) is -0.936. The Kier molecular flexibility index (Phi) is 7.73. The lowest BCUT2D eigenvalue weighted by Gasteiger charge is -2.22. The zero-order valence-corrected chi connectivity index (χ0v) is 23.4. The molecule has 6 N–H and O–H groups in total. The summed E-state index contributed by atoms with van der Waals surface area (Å²) < 4.78 is 54.5. The van der Waals surface area contributed by atoms with Crippen LogP contribution in [0.5, 0.6) is 0 Å². The second-order valence-corrected chi connectivity index (χ2v) is 12.3. The van der Waals surface area contributed by atoms with E-state index in [1.165, 1.54) is 19.0 Å². The van der Waals surface area contributed by atoms with Crippen LogP contribution in [0.2, 0.25) is 0 Å². The van der Waals surface area contributed by atoms with Gasteiger partial charge >= 0.3 is 15.6 Å². The Bertz CT molecular complexity index is 1750. The molecule has 0 saturated carbocycles. The minimum absolute atomic E-state index is 0.0153. The van der Waals surface area contributed by atoms with Gasteiger partial charge in [0.1, 0.15) is 42.5 Å². The summed E-state index contributed by atoms with van der Waals surface area (Å²) in [7, 11) is -9.60. The smallest absolute Gasteiger partial charge is 0.383 e. The highest BCUT2D eigenvalue weighted by Gasteiger charge is 2.43. The second kappa shape index (κ2) is 11.2. The first kappa shape index (κ1) is 29.0. The van der Waals surface area contributed by atoms with Gasteiger partial charge in [0.2, 0.25) is 0 Å². The zero-order chi connectivity index (χ0) is 29.6. The number of phosphoric ester groups is 2. The Morgan fingerprint density at radius 2 is 1.86 bits per heavy atom. The lowest BCUT2D eigenvalue weighted by molar-refractivity contribution is -0.0474. The van der Waals surface area contributed by atoms with Gasteiger partial charge in [-0.15, -0.1) is 0 Å². The van der Waals surface area contributed by atoms with Gasteiger partial charge in [-0.25, -0.2) is 29.1 Å². The van der Waals surface area contributed by atoms with Gasteiger partial charge in [-0.05, 0) is 18.9 Å². The molecule has 0 aliphatic carbocycles. The van der Waals surface area contributed by atoms with Gasteiger partial charge in [-0.1, -0.05) is 0 Å². The number of hydrogen-bond acceptors (Lipinski definition) is 13. The van der Waals surface area contributed by atoms with Crippen LogP contribution in [0, 0.1) is 0 Å². The summed E-state index contributed by atoms with van der Waals surface area (Å²) >= 11 is 0. The van der Waals surface area contributed by atoms with Crippen LogP contribution in [-0.4, -0.2) is 80.3 Å². The van der Waals surface area contributed by atoms with Gasteiger partial charge in [0.05, 0.1) is 37.4 Å². The number of ether oxygens (including phenoxy) is 2. The number of fused-ring (bicyclic) bond motifs is 2. The van der Waals surface area contributed by atoms with Crippen LogP contribution >= 0.6 is 15.6 Å². The highest BCUT2D eigenvalue weighted by Crippen LogP contribution is 2.50. The number of aromatic nitrogens is 7. The van der Waals surface area contributed by atoms with Crippen molar-refractivity contribution in [2.45, 2.75) is 50.0 Å². The fourth-order valence-corrected chi connectivity index (χ4v) is 6.31. The highest BCUT2D eigenvalue weighted by atomic mass is 31.2. The molecule has 6 rings (SSSR count). The van der Waals surface area contributed by atoms with Crippen LogP contribution in [0.3, 0.4) is 0 Å². The van der Waals surface area contributed by atoms with Crippen LogP contribution in [-0.2, 0) is 32.2 Å². The molecule has 4 aromatic heterocycles. The molecule has 4 aromatic rings. The molecule has 6 heterocycles. The normalized spacial score (nSPS) is 26.3. The lowest BCUT2D eigenvalue weighted by Crippen LogP contribution is -2.28. The van der Waals surface area contributed by atoms with Crippen LogP contribution in [0.15, 0.2) is 36.0 Å². The third kappa shape index (κ3) is 6.02. The number of nitrogens with one attached hydrogen (secondary N) is 1. The summed E-state index contributed by atoms with van der Waals surface area (Å²) in [5.74, 6) is 0.238. The van der Waals surface area contributed by atoms with E-state index in [9.17, 15) is 28.6 Å². The molecule has 4 unspecified atom stereocenters. The van der Waals surface area contributed by atoms with Crippen LogP contribution in [0.4, 0.5) is 5.82 Å². The molecular formula is C21H26N8O11P2. The number of H-pyrrole nitrogens is 1. The third-order valence-electron chi connectivity index (χ3n) is 6.89. The van der Waals surface area contributed by atoms with E-state index < -0.39 is 53.0 Å². The molecular weight excluding hydrogens is 602 g/mol. The van der Waals surface area contributed by atoms with Crippen molar-refractivity contribution in [2.75, 3.05) is 18.9 Å². The molecule has 2 aliphatic rings. The third-order valence-corrected chi connectivity index (χ3v) is 8.39. The molecule has 0 aromatic carbocycles. The Morgan fingerprint density at radius 3 is 2.67 bits per heavy atom. The molecule has 226 valence electrons. The first-order valence-corrected chi connectivity index (χ1v) is 15.6. The summed E-state index contributed by atoms with van der Waals surface area (Å²) in [6, 6.07) is 1.67. The number of nitrogens with two attached hydrogens (primary N) is 1. The largest absolute Gasteiger partial charge is 0.472 e. The monoisotopic (exact) mass is 628 g/mol. The SMILES string of the molecule is Nc1ncnc2c1ccn2[C@H]1CC(OP(=O)(O)OCC2CC[C@H](n3cnc4c(=O)[nH]cnc43)O2)C(COP(=O)(O)O)O1. The molecule has 0 amide bonds. The maximum Gasteiger partial charge on any atom is 0.472 e. The van der Waals surface area contributed by atoms with Gasteiger partial charge in [-0.2, -0.15) is 0 Å². The van der Waals surface area contributed by atoms with Gasteiger partial charge in [0.25, 0.3) is 5.56 Å². The van der Waals surface area contributed by atoms with E-state index >= 15 is 0 Å². The fraction of sp³-hybridized carbons (Fsp3) is 0.476. The van der Waals surface area contributed by atoms with Gasteiger partial charge in [0, 0.05) is 12.6 Å². The number of hydrogen-bond donors (Lipinski definition) is 5. The zero-order valence-electron chi connectivity index (χ0n) is 21.6. The Labute approximate surface area is 235 Å². The van der Waals surface area contributed by atoms with Crippen molar-refractivity contribution in [3.05, 3.63) is 41.6 Å². The van der Waals surface area contributed by atoms with E-state index in [4.69, 9.17) is 24.3 Å². The predicted molar refractivity (Wildman–Crippen MR) is 140 cm³/mol. The van der Waals surface area contributed by atoms with Crippen LogP contribution in [0.1, 0.15) is 31.7 Å². The number of anilines is 1. The van der Waals surface area contributed by atoms with Crippen molar-refractivity contribution in [1.29, 1.82) is 0 Å². The van der Waals surface area contributed by atoms with Crippen molar-refractivity contribution >= 4 is 43.7 Å². The van der Waals surface area contributed by atoms with Crippen molar-refractivity contribution in [3.63, 3.8) is 0 Å². The first-order valence-electron chi connectivity index (χ1n) is 12.6.